The Balaban J connectivity index is 2.81. The van der Waals surface area contributed by atoms with Crippen molar-refractivity contribution >= 4 is 12.2 Å². The molecule has 156 valence electrons. The van der Waals surface area contributed by atoms with Crippen molar-refractivity contribution in [2.45, 2.75) is 66.3 Å². The number of nitrogens with one attached hydrogen (secondary N) is 1. The highest BCUT2D eigenvalue weighted by Crippen LogP contribution is 2.19. The van der Waals surface area contributed by atoms with E-state index in [9.17, 15) is 4.79 Å². The van der Waals surface area contributed by atoms with Crippen LogP contribution in [0.5, 0.6) is 0 Å². The molecule has 0 bridgehead atoms. The van der Waals surface area contributed by atoms with Crippen molar-refractivity contribution in [3.8, 4) is 0 Å². The Morgan fingerprint density at radius 1 is 1.39 bits per heavy atom. The summed E-state index contributed by atoms with van der Waals surface area (Å²) in [6.07, 6.45) is 19.2. The molecule has 0 saturated heterocycles. The van der Waals surface area contributed by atoms with Gasteiger partial charge in [-0.3, -0.25) is 9.89 Å². The maximum Gasteiger partial charge on any atom is 0.322 e. The largest absolute Gasteiger partial charge is 0.335 e. The van der Waals surface area contributed by atoms with Crippen LogP contribution in [0, 0.1) is 11.8 Å². The zero-order valence-electron chi connectivity index (χ0n) is 18.6. The van der Waals surface area contributed by atoms with E-state index in [0.717, 1.165) is 31.4 Å². The van der Waals surface area contributed by atoms with Gasteiger partial charge in [-0.2, -0.15) is 0 Å². The minimum atomic E-state index is -0.0554. The molecule has 0 saturated carbocycles. The molecule has 3 unspecified atom stereocenters. The SMILES string of the molecule is CCC(C)NC(=O)N(CC)C(C=NC)=CC(C)CCC1=CC=CC(C)CC=C1. The first-order valence-electron chi connectivity index (χ1n) is 10.7. The van der Waals surface area contributed by atoms with Gasteiger partial charge in [-0.05, 0) is 56.9 Å². The lowest BCUT2D eigenvalue weighted by molar-refractivity contribution is 0.211. The fraction of sp³-hybridized carbons (Fsp3) is 0.583. The fourth-order valence-electron chi connectivity index (χ4n) is 3.04. The molecule has 4 heteroatoms. The summed E-state index contributed by atoms with van der Waals surface area (Å²) in [7, 11) is 1.75. The van der Waals surface area contributed by atoms with E-state index in [4.69, 9.17) is 0 Å². The molecule has 28 heavy (non-hydrogen) atoms. The lowest BCUT2D eigenvalue weighted by Gasteiger charge is -2.25. The molecule has 0 aliphatic heterocycles. The smallest absolute Gasteiger partial charge is 0.322 e. The molecule has 0 aromatic heterocycles. The van der Waals surface area contributed by atoms with Crippen molar-refractivity contribution in [1.29, 1.82) is 0 Å². The third kappa shape index (κ3) is 8.73. The maximum absolute atomic E-state index is 12.6. The second-order valence-electron chi connectivity index (χ2n) is 7.74. The first-order chi connectivity index (χ1) is 13.4. The fourth-order valence-corrected chi connectivity index (χ4v) is 3.04. The number of nitrogens with zero attached hydrogens (tertiary/aromatic N) is 2. The van der Waals surface area contributed by atoms with Gasteiger partial charge < -0.3 is 5.32 Å². The standard InChI is InChI=1S/C24H39N3O/c1-7-21(5)26-24(28)27(8-2)23(18-25-6)17-20(4)15-16-22-13-9-11-19(3)12-10-14-22/h9-11,13-14,17-21H,7-8,12,15-16H2,1-6H3,(H,26,28). The van der Waals surface area contributed by atoms with Gasteiger partial charge in [0.15, 0.2) is 0 Å². The summed E-state index contributed by atoms with van der Waals surface area (Å²) in [5, 5.41) is 3.05. The molecular formula is C24H39N3O. The zero-order valence-corrected chi connectivity index (χ0v) is 18.6. The number of carbonyl (C=O) groups excluding carboxylic acids is 1. The Morgan fingerprint density at radius 3 is 2.79 bits per heavy atom. The third-order valence-corrected chi connectivity index (χ3v) is 5.05. The van der Waals surface area contributed by atoms with Crippen molar-refractivity contribution in [3.63, 3.8) is 0 Å². The number of aliphatic imine (C=N–C) groups is 1. The first-order valence-corrected chi connectivity index (χ1v) is 10.7. The van der Waals surface area contributed by atoms with Crippen LogP contribution < -0.4 is 5.32 Å². The quantitative estimate of drug-likeness (QED) is 0.494. The molecule has 0 radical (unpaired) electrons. The number of hydrogen-bond acceptors (Lipinski definition) is 2. The number of urea groups is 1. The Bertz CT molecular complexity index is 628. The Hall–Kier alpha value is -2.10. The van der Waals surface area contributed by atoms with Crippen molar-refractivity contribution in [1.82, 2.24) is 10.2 Å². The minimum Gasteiger partial charge on any atom is -0.335 e. The molecule has 0 spiro atoms. The molecule has 0 aromatic carbocycles. The van der Waals surface area contributed by atoms with Crippen LogP contribution in [0.2, 0.25) is 0 Å². The van der Waals surface area contributed by atoms with Crippen LogP contribution in [-0.2, 0) is 0 Å². The normalized spacial score (nSPS) is 19.7. The molecule has 4 nitrogen and oxygen atoms in total. The van der Waals surface area contributed by atoms with E-state index in [0.29, 0.717) is 18.4 Å². The van der Waals surface area contributed by atoms with Crippen molar-refractivity contribution in [2.75, 3.05) is 13.6 Å². The summed E-state index contributed by atoms with van der Waals surface area (Å²) in [5.41, 5.74) is 2.23. The van der Waals surface area contributed by atoms with E-state index >= 15 is 0 Å². The highest BCUT2D eigenvalue weighted by atomic mass is 16.2. The molecule has 2 amide bonds. The lowest BCUT2D eigenvalue weighted by atomic mass is 9.97. The molecule has 0 heterocycles. The monoisotopic (exact) mass is 385 g/mol. The van der Waals surface area contributed by atoms with Crippen LogP contribution in [-0.4, -0.2) is 36.8 Å². The van der Waals surface area contributed by atoms with Gasteiger partial charge in [0.05, 0.1) is 5.70 Å². The lowest BCUT2D eigenvalue weighted by Crippen LogP contribution is -2.43. The molecule has 0 aromatic rings. The number of allylic oxidation sites excluding steroid dienone is 8. The van der Waals surface area contributed by atoms with Gasteiger partial charge >= 0.3 is 6.03 Å². The number of carbonyl (C=O) groups is 1. The van der Waals surface area contributed by atoms with Gasteiger partial charge in [0.25, 0.3) is 0 Å². The van der Waals surface area contributed by atoms with Gasteiger partial charge in [0.2, 0.25) is 0 Å². The topological polar surface area (TPSA) is 44.7 Å². The van der Waals surface area contributed by atoms with E-state index in [2.05, 4.69) is 67.5 Å². The van der Waals surface area contributed by atoms with Crippen molar-refractivity contribution in [2.24, 2.45) is 16.8 Å². The van der Waals surface area contributed by atoms with Crippen LogP contribution >= 0.6 is 0 Å². The summed E-state index contributed by atoms with van der Waals surface area (Å²) >= 11 is 0. The molecule has 1 aliphatic carbocycles. The van der Waals surface area contributed by atoms with E-state index in [1.54, 1.807) is 18.2 Å². The number of hydrogen-bond donors (Lipinski definition) is 1. The van der Waals surface area contributed by atoms with Crippen LogP contribution in [0.15, 0.2) is 52.7 Å². The average molecular weight is 386 g/mol. The highest BCUT2D eigenvalue weighted by Gasteiger charge is 2.17. The highest BCUT2D eigenvalue weighted by molar-refractivity contribution is 5.87. The summed E-state index contributed by atoms with van der Waals surface area (Å²) < 4.78 is 0. The molecule has 0 fully saturated rings. The summed E-state index contributed by atoms with van der Waals surface area (Å²) in [4.78, 5) is 18.6. The number of rotatable bonds is 9. The Morgan fingerprint density at radius 2 is 2.14 bits per heavy atom. The molecule has 3 atom stereocenters. The summed E-state index contributed by atoms with van der Waals surface area (Å²) in [6, 6.07) is 0.104. The van der Waals surface area contributed by atoms with Gasteiger partial charge in [-0.25, -0.2) is 4.79 Å². The van der Waals surface area contributed by atoms with Crippen molar-refractivity contribution in [3.05, 3.63) is 47.7 Å². The number of amides is 2. The van der Waals surface area contributed by atoms with E-state index in [1.807, 2.05) is 13.8 Å². The minimum absolute atomic E-state index is 0.0554. The van der Waals surface area contributed by atoms with Crippen LogP contribution in [0.1, 0.15) is 60.3 Å². The average Bonchev–Trinajstić information content (AvgIpc) is 2.64. The van der Waals surface area contributed by atoms with Crippen LogP contribution in [0.25, 0.3) is 0 Å². The molecular weight excluding hydrogens is 346 g/mol. The van der Waals surface area contributed by atoms with E-state index in [1.165, 1.54) is 5.57 Å². The van der Waals surface area contributed by atoms with Gasteiger partial charge in [-0.15, -0.1) is 0 Å². The van der Waals surface area contributed by atoms with Gasteiger partial charge in [0.1, 0.15) is 0 Å². The second-order valence-corrected chi connectivity index (χ2v) is 7.74. The molecule has 1 N–H and O–H groups in total. The Kier molecular flexibility index (Phi) is 11.2. The summed E-state index contributed by atoms with van der Waals surface area (Å²) in [5.74, 6) is 0.953. The Labute approximate surface area is 172 Å². The predicted octanol–water partition coefficient (Wildman–Crippen LogP) is 5.90. The van der Waals surface area contributed by atoms with E-state index < -0.39 is 0 Å². The maximum atomic E-state index is 12.6. The summed E-state index contributed by atoms with van der Waals surface area (Å²) in [6.45, 7) is 11.1. The van der Waals surface area contributed by atoms with Crippen molar-refractivity contribution < 1.29 is 4.79 Å². The van der Waals surface area contributed by atoms with Crippen LogP contribution in [0.3, 0.4) is 0 Å². The molecule has 1 rings (SSSR count). The third-order valence-electron chi connectivity index (χ3n) is 5.05. The first kappa shape index (κ1) is 23.9. The predicted molar refractivity (Wildman–Crippen MR) is 122 cm³/mol. The van der Waals surface area contributed by atoms with Gasteiger partial charge in [-0.1, -0.05) is 57.2 Å². The molecule has 1 aliphatic rings. The second kappa shape index (κ2) is 13.1. The zero-order chi connectivity index (χ0) is 20.9. The van der Waals surface area contributed by atoms with Gasteiger partial charge in [0, 0.05) is 25.8 Å². The van der Waals surface area contributed by atoms with Crippen LogP contribution in [0.4, 0.5) is 4.79 Å². The van der Waals surface area contributed by atoms with E-state index in [-0.39, 0.29) is 12.1 Å².